The van der Waals surface area contributed by atoms with Gasteiger partial charge in [0, 0.05) is 12.7 Å². The Morgan fingerprint density at radius 3 is 2.25 bits per heavy atom. The Bertz CT molecular complexity index is 250. The third kappa shape index (κ3) is 3.37. The molecule has 1 aromatic carbocycles. The van der Waals surface area contributed by atoms with Crippen LogP contribution >= 0.6 is 12.2 Å². The molecule has 1 nitrogen and oxygen atoms in total. The number of para-hydroxylation sites is 1. The summed E-state index contributed by atoms with van der Waals surface area (Å²) in [6.07, 6.45) is 0. The average molecular weight is 205 g/mol. The van der Waals surface area contributed by atoms with Crippen molar-refractivity contribution in [1.29, 1.82) is 0 Å². The molecule has 0 aliphatic carbocycles. The largest absolute Gasteiger partial charge is 1.00 e. The maximum atomic E-state index is 4.84. The smallest absolute Gasteiger partial charge is 0.411 e. The van der Waals surface area contributed by atoms with Crippen LogP contribution in [0.5, 0.6) is 0 Å². The van der Waals surface area contributed by atoms with Crippen LogP contribution in [-0.2, 0) is 12.6 Å². The summed E-state index contributed by atoms with van der Waals surface area (Å²) in [6.45, 7) is 0. The number of rotatable bonds is 1. The molecular formula is C8H8NNaS2. The Kier molecular flexibility index (Phi) is 6.05. The van der Waals surface area contributed by atoms with E-state index in [9.17, 15) is 0 Å². The van der Waals surface area contributed by atoms with E-state index in [4.69, 9.17) is 24.8 Å². The fourth-order valence-electron chi connectivity index (χ4n) is 0.757. The van der Waals surface area contributed by atoms with Gasteiger partial charge < -0.3 is 29.7 Å². The summed E-state index contributed by atoms with van der Waals surface area (Å²) in [4.78, 5) is 1.80. The predicted octanol–water partition coefficient (Wildman–Crippen LogP) is -1.04. The minimum absolute atomic E-state index is 0. The first-order valence-electron chi connectivity index (χ1n) is 3.21. The third-order valence-corrected chi connectivity index (χ3v) is 1.97. The first kappa shape index (κ1) is 12.3. The number of hydrogen-bond acceptors (Lipinski definition) is 2. The molecule has 0 unspecified atom stereocenters. The molecule has 0 radical (unpaired) electrons. The average Bonchev–Trinajstić information content (AvgIpc) is 2.05. The van der Waals surface area contributed by atoms with Crippen molar-refractivity contribution in [2.75, 3.05) is 11.9 Å². The van der Waals surface area contributed by atoms with E-state index in [0.29, 0.717) is 4.32 Å². The second-order valence-electron chi connectivity index (χ2n) is 2.16. The molecule has 0 atom stereocenters. The Morgan fingerprint density at radius 1 is 1.33 bits per heavy atom. The molecule has 58 valence electrons. The first-order valence-corrected chi connectivity index (χ1v) is 4.03. The zero-order valence-electron chi connectivity index (χ0n) is 7.15. The van der Waals surface area contributed by atoms with Gasteiger partial charge in [0.25, 0.3) is 0 Å². The van der Waals surface area contributed by atoms with Crippen LogP contribution in [0.25, 0.3) is 0 Å². The number of nitrogens with zero attached hydrogens (tertiary/aromatic N) is 1. The van der Waals surface area contributed by atoms with E-state index in [2.05, 4.69) is 0 Å². The molecule has 0 aromatic heterocycles. The summed E-state index contributed by atoms with van der Waals surface area (Å²) in [5, 5.41) is 0. The second kappa shape index (κ2) is 5.89. The molecule has 0 saturated carbocycles. The Morgan fingerprint density at radius 2 is 1.83 bits per heavy atom. The van der Waals surface area contributed by atoms with Gasteiger partial charge in [-0.05, 0) is 12.1 Å². The van der Waals surface area contributed by atoms with Gasteiger partial charge in [-0.15, -0.1) is 0 Å². The molecule has 0 N–H and O–H groups in total. The zero-order valence-corrected chi connectivity index (χ0v) is 10.8. The summed E-state index contributed by atoms with van der Waals surface area (Å²) in [5.41, 5.74) is 1.03. The fraction of sp³-hybridized carbons (Fsp3) is 0.125. The summed E-state index contributed by atoms with van der Waals surface area (Å²) < 4.78 is 0.469. The zero-order chi connectivity index (χ0) is 8.27. The summed E-state index contributed by atoms with van der Waals surface area (Å²) in [5.74, 6) is 0. The van der Waals surface area contributed by atoms with Crippen molar-refractivity contribution in [3.05, 3.63) is 30.3 Å². The predicted molar refractivity (Wildman–Crippen MR) is 54.8 cm³/mol. The van der Waals surface area contributed by atoms with Crippen LogP contribution in [0, 0.1) is 0 Å². The molecule has 12 heavy (non-hydrogen) atoms. The number of hydrogen-bond donors (Lipinski definition) is 0. The maximum Gasteiger partial charge on any atom is 1.00 e. The van der Waals surface area contributed by atoms with Crippen LogP contribution in [0.1, 0.15) is 0 Å². The molecule has 1 rings (SSSR count). The van der Waals surface area contributed by atoms with Crippen molar-refractivity contribution < 1.29 is 29.6 Å². The molecule has 0 saturated heterocycles. The Labute approximate surface area is 106 Å². The van der Waals surface area contributed by atoms with Crippen LogP contribution in [0.4, 0.5) is 5.69 Å². The van der Waals surface area contributed by atoms with Crippen molar-refractivity contribution in [3.63, 3.8) is 0 Å². The van der Waals surface area contributed by atoms with Crippen LogP contribution in [0.3, 0.4) is 0 Å². The number of anilines is 1. The van der Waals surface area contributed by atoms with Crippen molar-refractivity contribution in [1.82, 2.24) is 0 Å². The fourth-order valence-corrected chi connectivity index (χ4v) is 0.968. The maximum absolute atomic E-state index is 4.84. The Hall–Kier alpha value is 0.330. The van der Waals surface area contributed by atoms with Crippen molar-refractivity contribution in [2.24, 2.45) is 0 Å². The topological polar surface area (TPSA) is 3.24 Å². The van der Waals surface area contributed by atoms with Gasteiger partial charge in [0.05, 0.1) is 0 Å². The van der Waals surface area contributed by atoms with Crippen molar-refractivity contribution >= 4 is 34.9 Å². The van der Waals surface area contributed by atoms with Gasteiger partial charge in [-0.1, -0.05) is 22.5 Å². The third-order valence-electron chi connectivity index (χ3n) is 1.42. The monoisotopic (exact) mass is 205 g/mol. The van der Waals surface area contributed by atoms with E-state index >= 15 is 0 Å². The standard InChI is InChI=1S/C8H9NS2.Na/c1-9(8(10)11)7-5-3-2-4-6-7;/h2-6H,1H3,(H,10,11);/q;+1/p-1. The van der Waals surface area contributed by atoms with E-state index in [1.54, 1.807) is 4.90 Å². The van der Waals surface area contributed by atoms with E-state index < -0.39 is 0 Å². The van der Waals surface area contributed by atoms with Crippen LogP contribution < -0.4 is 34.5 Å². The normalized spacial score (nSPS) is 8.42. The Balaban J connectivity index is 0.00000121. The van der Waals surface area contributed by atoms with E-state index in [0.717, 1.165) is 5.69 Å². The van der Waals surface area contributed by atoms with Crippen molar-refractivity contribution in [2.45, 2.75) is 0 Å². The van der Waals surface area contributed by atoms with E-state index in [1.807, 2.05) is 37.4 Å². The molecular weight excluding hydrogens is 197 g/mol. The van der Waals surface area contributed by atoms with Gasteiger partial charge in [-0.3, -0.25) is 0 Å². The molecule has 1 aromatic rings. The van der Waals surface area contributed by atoms with Crippen LogP contribution in [0.15, 0.2) is 30.3 Å². The second-order valence-corrected chi connectivity index (χ2v) is 3.19. The molecule has 0 aliphatic heterocycles. The quantitative estimate of drug-likeness (QED) is 0.327. The number of thiocarbonyl (C=S) groups is 1. The molecule has 0 bridgehead atoms. The van der Waals surface area contributed by atoms with E-state index in [1.165, 1.54) is 0 Å². The van der Waals surface area contributed by atoms with Gasteiger partial charge in [0.15, 0.2) is 0 Å². The summed E-state index contributed by atoms with van der Waals surface area (Å²) in [7, 11) is 1.87. The molecule has 4 heteroatoms. The van der Waals surface area contributed by atoms with Crippen LogP contribution in [0.2, 0.25) is 0 Å². The van der Waals surface area contributed by atoms with Gasteiger partial charge in [0.1, 0.15) is 0 Å². The SMILES string of the molecule is CN(C(=S)[S-])c1ccccc1.[Na+]. The molecule has 0 aliphatic rings. The molecule has 0 fully saturated rings. The van der Waals surface area contributed by atoms with Gasteiger partial charge in [0.2, 0.25) is 0 Å². The minimum Gasteiger partial charge on any atom is -0.411 e. The first-order chi connectivity index (χ1) is 5.22. The van der Waals surface area contributed by atoms with Gasteiger partial charge in [-0.25, -0.2) is 0 Å². The summed E-state index contributed by atoms with van der Waals surface area (Å²) in [6, 6.07) is 9.82. The molecule has 0 amide bonds. The van der Waals surface area contributed by atoms with Gasteiger partial charge in [-0.2, -0.15) is 0 Å². The molecule has 0 spiro atoms. The van der Waals surface area contributed by atoms with E-state index in [-0.39, 0.29) is 29.6 Å². The number of benzene rings is 1. The summed E-state index contributed by atoms with van der Waals surface area (Å²) >= 11 is 9.68. The minimum atomic E-state index is 0. The molecule has 0 heterocycles. The van der Waals surface area contributed by atoms with Crippen molar-refractivity contribution in [3.8, 4) is 0 Å². The van der Waals surface area contributed by atoms with Gasteiger partial charge >= 0.3 is 29.6 Å². The van der Waals surface area contributed by atoms with Crippen LogP contribution in [-0.4, -0.2) is 11.4 Å².